The van der Waals surface area contributed by atoms with E-state index in [1.165, 1.54) is 16.9 Å². The fraction of sp³-hybridized carbons (Fsp3) is 0.435. The van der Waals surface area contributed by atoms with Gasteiger partial charge in [0.1, 0.15) is 4.83 Å². The summed E-state index contributed by atoms with van der Waals surface area (Å²) in [7, 11) is 4.00. The van der Waals surface area contributed by atoms with Gasteiger partial charge in [0.15, 0.2) is 0 Å². The molecule has 6 nitrogen and oxygen atoms in total. The minimum atomic E-state index is -0.0834. The molecule has 0 fully saturated rings. The summed E-state index contributed by atoms with van der Waals surface area (Å²) in [4.78, 5) is 35.1. The zero-order valence-corrected chi connectivity index (χ0v) is 19.0. The van der Waals surface area contributed by atoms with Gasteiger partial charge >= 0.3 is 0 Å². The fourth-order valence-electron chi connectivity index (χ4n) is 3.40. The van der Waals surface area contributed by atoms with Crippen LogP contribution in [0.25, 0.3) is 21.3 Å². The predicted molar refractivity (Wildman–Crippen MR) is 124 cm³/mol. The highest BCUT2D eigenvalue weighted by Gasteiger charge is 2.16. The Kier molecular flexibility index (Phi) is 7.39. The Morgan fingerprint density at radius 1 is 1.13 bits per heavy atom. The summed E-state index contributed by atoms with van der Waals surface area (Å²) in [5.41, 5.74) is 3.02. The van der Waals surface area contributed by atoms with E-state index in [2.05, 4.69) is 16.8 Å². The van der Waals surface area contributed by atoms with E-state index < -0.39 is 0 Å². The maximum Gasteiger partial charge on any atom is 0.262 e. The molecule has 0 saturated heterocycles. The van der Waals surface area contributed by atoms with Crippen molar-refractivity contribution in [3.63, 3.8) is 0 Å². The summed E-state index contributed by atoms with van der Waals surface area (Å²) in [5, 5.41) is 2.63. The van der Waals surface area contributed by atoms with Crippen LogP contribution < -0.4 is 5.56 Å². The molecule has 160 valence electrons. The third kappa shape index (κ3) is 5.15. The zero-order valence-electron chi connectivity index (χ0n) is 18.2. The van der Waals surface area contributed by atoms with Crippen molar-refractivity contribution in [2.75, 3.05) is 33.7 Å². The molecule has 3 rings (SSSR count). The Labute approximate surface area is 181 Å². The molecule has 0 aliphatic carbocycles. The number of amides is 1. The number of fused-ring (bicyclic) bond motifs is 1. The van der Waals surface area contributed by atoms with Gasteiger partial charge in [-0.15, -0.1) is 11.3 Å². The molecule has 7 heteroatoms. The summed E-state index contributed by atoms with van der Waals surface area (Å²) in [6, 6.07) is 8.15. The molecule has 0 saturated carbocycles. The molecule has 1 aromatic carbocycles. The number of thiophene rings is 1. The number of aromatic nitrogens is 2. The monoisotopic (exact) mass is 426 g/mol. The Hall–Kier alpha value is -2.51. The average Bonchev–Trinajstić information content (AvgIpc) is 3.16. The first-order valence-electron chi connectivity index (χ1n) is 10.4. The van der Waals surface area contributed by atoms with Crippen LogP contribution in [0.4, 0.5) is 0 Å². The number of nitrogens with zero attached hydrogens (tertiary/aromatic N) is 4. The van der Waals surface area contributed by atoms with E-state index in [0.717, 1.165) is 35.5 Å². The van der Waals surface area contributed by atoms with Crippen LogP contribution in [0.5, 0.6) is 0 Å². The second-order valence-corrected chi connectivity index (χ2v) is 8.73. The van der Waals surface area contributed by atoms with Gasteiger partial charge in [-0.25, -0.2) is 4.98 Å². The van der Waals surface area contributed by atoms with E-state index in [1.54, 1.807) is 10.9 Å². The van der Waals surface area contributed by atoms with Crippen molar-refractivity contribution in [3.05, 3.63) is 51.9 Å². The van der Waals surface area contributed by atoms with Gasteiger partial charge < -0.3 is 9.80 Å². The lowest BCUT2D eigenvalue weighted by molar-refractivity contribution is -0.131. The highest BCUT2D eigenvalue weighted by atomic mass is 32.1. The largest absolute Gasteiger partial charge is 0.341 e. The molecule has 0 unspecified atom stereocenters. The first-order chi connectivity index (χ1) is 14.4. The summed E-state index contributed by atoms with van der Waals surface area (Å²) in [5.74, 6) is 0.0785. The second-order valence-electron chi connectivity index (χ2n) is 7.87. The van der Waals surface area contributed by atoms with Crippen molar-refractivity contribution >= 4 is 27.5 Å². The number of hydrogen-bond acceptors (Lipinski definition) is 5. The van der Waals surface area contributed by atoms with E-state index in [1.807, 2.05) is 55.6 Å². The molecule has 0 spiro atoms. The van der Waals surface area contributed by atoms with Crippen LogP contribution in [0, 0.1) is 6.92 Å². The van der Waals surface area contributed by atoms with Crippen LogP contribution in [-0.2, 0) is 11.3 Å². The van der Waals surface area contributed by atoms with Crippen molar-refractivity contribution in [2.24, 2.45) is 0 Å². The number of benzene rings is 1. The van der Waals surface area contributed by atoms with Gasteiger partial charge in [-0.3, -0.25) is 14.2 Å². The van der Waals surface area contributed by atoms with Crippen molar-refractivity contribution in [2.45, 2.75) is 33.2 Å². The molecule has 0 aliphatic heterocycles. The zero-order chi connectivity index (χ0) is 21.7. The van der Waals surface area contributed by atoms with Gasteiger partial charge in [0.2, 0.25) is 5.91 Å². The first-order valence-corrected chi connectivity index (χ1v) is 11.2. The Morgan fingerprint density at radius 3 is 2.53 bits per heavy atom. The lowest BCUT2D eigenvalue weighted by atomic mass is 10.1. The average molecular weight is 427 g/mol. The predicted octanol–water partition coefficient (Wildman–Crippen LogP) is 3.62. The van der Waals surface area contributed by atoms with Crippen molar-refractivity contribution in [1.82, 2.24) is 19.4 Å². The molecular weight excluding hydrogens is 396 g/mol. The van der Waals surface area contributed by atoms with Gasteiger partial charge in [-0.2, -0.15) is 0 Å². The smallest absolute Gasteiger partial charge is 0.262 e. The van der Waals surface area contributed by atoms with Crippen LogP contribution in [0.1, 0.15) is 25.3 Å². The number of likely N-dealkylation sites (N-methyl/N-ethyl adjacent to an activating group) is 1. The lowest BCUT2D eigenvalue weighted by Crippen LogP contribution is -2.38. The standard InChI is InChI=1S/C23H30N4O2S/c1-5-11-26(14-13-25(3)4)20(28)10-12-27-16-24-22-21(23(27)29)19(15-30-22)18-8-6-17(2)7-9-18/h6-9,15-16H,5,10-14H2,1-4H3. The Bertz CT molecular complexity index is 1050. The van der Waals surface area contributed by atoms with E-state index in [4.69, 9.17) is 0 Å². The van der Waals surface area contributed by atoms with E-state index in [-0.39, 0.29) is 11.5 Å². The summed E-state index contributed by atoms with van der Waals surface area (Å²) >= 11 is 1.48. The molecule has 2 aromatic heterocycles. The number of carbonyl (C=O) groups excluding carboxylic acids is 1. The van der Waals surface area contributed by atoms with Gasteiger partial charge in [0, 0.05) is 43.5 Å². The van der Waals surface area contributed by atoms with Crippen LogP contribution in [0.2, 0.25) is 0 Å². The third-order valence-corrected chi connectivity index (χ3v) is 6.04. The quantitative estimate of drug-likeness (QED) is 0.524. The van der Waals surface area contributed by atoms with Crippen LogP contribution >= 0.6 is 11.3 Å². The molecule has 0 aliphatic rings. The molecule has 2 heterocycles. The van der Waals surface area contributed by atoms with Crippen LogP contribution in [0.3, 0.4) is 0 Å². The molecule has 0 radical (unpaired) electrons. The highest BCUT2D eigenvalue weighted by molar-refractivity contribution is 7.17. The molecule has 0 N–H and O–H groups in total. The van der Waals surface area contributed by atoms with E-state index in [9.17, 15) is 9.59 Å². The fourth-order valence-corrected chi connectivity index (χ4v) is 4.30. The summed E-state index contributed by atoms with van der Waals surface area (Å²) < 4.78 is 1.57. The molecule has 0 bridgehead atoms. The van der Waals surface area contributed by atoms with Crippen LogP contribution in [0.15, 0.2) is 40.8 Å². The Morgan fingerprint density at radius 2 is 1.87 bits per heavy atom. The maximum absolute atomic E-state index is 13.2. The lowest BCUT2D eigenvalue weighted by Gasteiger charge is -2.24. The topological polar surface area (TPSA) is 58.4 Å². The number of hydrogen-bond donors (Lipinski definition) is 0. The molecule has 3 aromatic rings. The second kappa shape index (κ2) is 10.00. The van der Waals surface area contributed by atoms with Crippen molar-refractivity contribution < 1.29 is 4.79 Å². The van der Waals surface area contributed by atoms with Gasteiger partial charge in [0.05, 0.1) is 11.7 Å². The molecule has 30 heavy (non-hydrogen) atoms. The van der Waals surface area contributed by atoms with E-state index >= 15 is 0 Å². The minimum Gasteiger partial charge on any atom is -0.341 e. The van der Waals surface area contributed by atoms with Crippen LogP contribution in [-0.4, -0.2) is 59.0 Å². The summed E-state index contributed by atoms with van der Waals surface area (Å²) in [6.45, 7) is 6.72. The summed E-state index contributed by atoms with van der Waals surface area (Å²) in [6.07, 6.45) is 2.78. The Balaban J connectivity index is 1.80. The SMILES string of the molecule is CCCN(CCN(C)C)C(=O)CCn1cnc2scc(-c3ccc(C)cc3)c2c1=O. The first kappa shape index (κ1) is 22.2. The number of rotatable bonds is 9. The molecular formula is C23H30N4O2S. The third-order valence-electron chi connectivity index (χ3n) is 5.15. The normalized spacial score (nSPS) is 11.4. The number of carbonyl (C=O) groups is 1. The van der Waals surface area contributed by atoms with Gasteiger partial charge in [0.25, 0.3) is 5.56 Å². The van der Waals surface area contributed by atoms with Crippen molar-refractivity contribution in [1.29, 1.82) is 0 Å². The molecule has 0 atom stereocenters. The van der Waals surface area contributed by atoms with Gasteiger partial charge in [-0.05, 0) is 33.0 Å². The minimum absolute atomic E-state index is 0.0785. The number of aryl methyl sites for hydroxylation is 2. The maximum atomic E-state index is 13.2. The van der Waals surface area contributed by atoms with Gasteiger partial charge in [-0.1, -0.05) is 36.8 Å². The molecule has 1 amide bonds. The van der Waals surface area contributed by atoms with Crippen molar-refractivity contribution in [3.8, 4) is 11.1 Å². The highest BCUT2D eigenvalue weighted by Crippen LogP contribution is 2.30. The van der Waals surface area contributed by atoms with E-state index in [0.29, 0.717) is 24.9 Å².